The zero-order valence-corrected chi connectivity index (χ0v) is 11.7. The lowest BCUT2D eigenvalue weighted by Gasteiger charge is -2.25. The van der Waals surface area contributed by atoms with Gasteiger partial charge in [-0.15, -0.1) is 0 Å². The normalized spacial score (nSPS) is 24.4. The van der Waals surface area contributed by atoms with Gasteiger partial charge in [-0.3, -0.25) is 0 Å². The van der Waals surface area contributed by atoms with E-state index < -0.39 is 0 Å². The predicted octanol–water partition coefficient (Wildman–Crippen LogP) is 1.47. The van der Waals surface area contributed by atoms with Crippen molar-refractivity contribution in [3.8, 4) is 0 Å². The first-order valence-electron chi connectivity index (χ1n) is 7.73. The zero-order valence-electron chi connectivity index (χ0n) is 11.7. The van der Waals surface area contributed by atoms with Gasteiger partial charge in [-0.05, 0) is 38.3 Å². The number of imidazole rings is 1. The number of piperidine rings is 1. The quantitative estimate of drug-likeness (QED) is 0.894. The van der Waals surface area contributed by atoms with E-state index in [9.17, 15) is 5.11 Å². The standard InChI is InChI=1S/C15H25N3O/c19-12-13-4-9-18-11-14(16-15(18)10-13)5-8-17-6-2-1-3-7-17/h11,13,19H,1-10,12H2. The predicted molar refractivity (Wildman–Crippen MR) is 75.1 cm³/mol. The largest absolute Gasteiger partial charge is 0.396 e. The number of nitrogens with zero attached hydrogens (tertiary/aromatic N) is 3. The van der Waals surface area contributed by atoms with Crippen LogP contribution in [0.15, 0.2) is 6.20 Å². The average Bonchev–Trinajstić information content (AvgIpc) is 2.88. The Labute approximate surface area is 115 Å². The van der Waals surface area contributed by atoms with Crippen LogP contribution in [-0.2, 0) is 19.4 Å². The van der Waals surface area contributed by atoms with Gasteiger partial charge in [-0.25, -0.2) is 4.98 Å². The molecule has 0 radical (unpaired) electrons. The van der Waals surface area contributed by atoms with Gasteiger partial charge in [0.1, 0.15) is 5.82 Å². The summed E-state index contributed by atoms with van der Waals surface area (Å²) in [5.41, 5.74) is 1.24. The molecule has 1 N–H and O–H groups in total. The molecular weight excluding hydrogens is 238 g/mol. The van der Waals surface area contributed by atoms with E-state index in [0.29, 0.717) is 12.5 Å². The van der Waals surface area contributed by atoms with E-state index in [4.69, 9.17) is 4.98 Å². The van der Waals surface area contributed by atoms with Crippen molar-refractivity contribution in [1.29, 1.82) is 0 Å². The molecule has 1 aromatic rings. The molecular formula is C15H25N3O. The van der Waals surface area contributed by atoms with Crippen LogP contribution in [0.4, 0.5) is 0 Å². The maximum absolute atomic E-state index is 9.25. The second-order valence-corrected chi connectivity index (χ2v) is 6.04. The molecule has 0 spiro atoms. The third-order valence-corrected chi connectivity index (χ3v) is 4.55. The van der Waals surface area contributed by atoms with E-state index in [1.165, 1.54) is 43.9 Å². The van der Waals surface area contributed by atoms with Gasteiger partial charge in [0.2, 0.25) is 0 Å². The molecule has 0 aromatic carbocycles. The van der Waals surface area contributed by atoms with Crippen LogP contribution in [0, 0.1) is 5.92 Å². The number of hydrogen-bond donors (Lipinski definition) is 1. The molecule has 0 saturated carbocycles. The third-order valence-electron chi connectivity index (χ3n) is 4.55. The first kappa shape index (κ1) is 13.1. The molecule has 0 bridgehead atoms. The van der Waals surface area contributed by atoms with Crippen molar-refractivity contribution in [1.82, 2.24) is 14.5 Å². The highest BCUT2D eigenvalue weighted by Crippen LogP contribution is 2.20. The summed E-state index contributed by atoms with van der Waals surface area (Å²) in [4.78, 5) is 7.33. The summed E-state index contributed by atoms with van der Waals surface area (Å²) in [6.45, 7) is 5.01. The number of aromatic nitrogens is 2. The molecule has 1 unspecified atom stereocenters. The van der Waals surface area contributed by atoms with Crippen LogP contribution < -0.4 is 0 Å². The number of likely N-dealkylation sites (tertiary alicyclic amines) is 1. The van der Waals surface area contributed by atoms with Gasteiger partial charge in [0.15, 0.2) is 0 Å². The number of fused-ring (bicyclic) bond motifs is 1. The van der Waals surface area contributed by atoms with Crippen molar-refractivity contribution in [2.45, 2.75) is 45.1 Å². The van der Waals surface area contributed by atoms with Crippen LogP contribution in [0.1, 0.15) is 37.2 Å². The second kappa shape index (κ2) is 6.06. The minimum Gasteiger partial charge on any atom is -0.396 e. The van der Waals surface area contributed by atoms with Crippen LogP contribution in [0.5, 0.6) is 0 Å². The number of aryl methyl sites for hydroxylation is 1. The Morgan fingerprint density at radius 1 is 1.21 bits per heavy atom. The van der Waals surface area contributed by atoms with E-state index >= 15 is 0 Å². The summed E-state index contributed by atoms with van der Waals surface area (Å²) < 4.78 is 2.29. The second-order valence-electron chi connectivity index (χ2n) is 6.04. The topological polar surface area (TPSA) is 41.3 Å². The fraction of sp³-hybridized carbons (Fsp3) is 0.800. The Morgan fingerprint density at radius 2 is 2.05 bits per heavy atom. The van der Waals surface area contributed by atoms with E-state index in [-0.39, 0.29) is 0 Å². The number of rotatable bonds is 4. The van der Waals surface area contributed by atoms with E-state index in [2.05, 4.69) is 15.7 Å². The Balaban J connectivity index is 1.55. The Morgan fingerprint density at radius 3 is 2.84 bits per heavy atom. The number of aliphatic hydroxyl groups excluding tert-OH is 1. The van der Waals surface area contributed by atoms with Crippen molar-refractivity contribution < 1.29 is 5.11 Å². The van der Waals surface area contributed by atoms with Crippen LogP contribution in [0.3, 0.4) is 0 Å². The average molecular weight is 263 g/mol. The highest BCUT2D eigenvalue weighted by Gasteiger charge is 2.20. The minimum absolute atomic E-state index is 0.302. The summed E-state index contributed by atoms with van der Waals surface area (Å²) in [6.07, 6.45) is 9.45. The summed E-state index contributed by atoms with van der Waals surface area (Å²) >= 11 is 0. The smallest absolute Gasteiger partial charge is 0.109 e. The summed E-state index contributed by atoms with van der Waals surface area (Å²) in [5.74, 6) is 1.60. The van der Waals surface area contributed by atoms with Crippen molar-refractivity contribution in [2.24, 2.45) is 5.92 Å². The van der Waals surface area contributed by atoms with Gasteiger partial charge in [-0.2, -0.15) is 0 Å². The molecule has 2 aliphatic heterocycles. The summed E-state index contributed by atoms with van der Waals surface area (Å²) in [5, 5.41) is 9.25. The van der Waals surface area contributed by atoms with E-state index in [1.807, 2.05) is 0 Å². The minimum atomic E-state index is 0.302. The molecule has 1 saturated heterocycles. The van der Waals surface area contributed by atoms with Crippen LogP contribution >= 0.6 is 0 Å². The third kappa shape index (κ3) is 3.18. The molecule has 3 rings (SSSR count). The Bertz CT molecular complexity index is 410. The fourth-order valence-electron chi connectivity index (χ4n) is 3.28. The monoisotopic (exact) mass is 263 g/mol. The molecule has 4 nitrogen and oxygen atoms in total. The highest BCUT2D eigenvalue weighted by molar-refractivity contribution is 5.07. The maximum atomic E-state index is 9.25. The van der Waals surface area contributed by atoms with Crippen molar-refractivity contribution >= 4 is 0 Å². The molecule has 4 heteroatoms. The van der Waals surface area contributed by atoms with Gasteiger partial charge < -0.3 is 14.6 Å². The molecule has 1 fully saturated rings. The molecule has 0 aliphatic carbocycles. The molecule has 1 atom stereocenters. The van der Waals surface area contributed by atoms with Gasteiger partial charge in [0, 0.05) is 38.7 Å². The first-order valence-corrected chi connectivity index (χ1v) is 7.73. The molecule has 1 aromatic heterocycles. The number of aliphatic hydroxyl groups is 1. The fourth-order valence-corrected chi connectivity index (χ4v) is 3.28. The molecule has 0 amide bonds. The van der Waals surface area contributed by atoms with Crippen molar-refractivity contribution in [2.75, 3.05) is 26.2 Å². The molecule has 106 valence electrons. The van der Waals surface area contributed by atoms with Crippen molar-refractivity contribution in [3.05, 3.63) is 17.7 Å². The molecule has 3 heterocycles. The van der Waals surface area contributed by atoms with Crippen LogP contribution in [0.25, 0.3) is 0 Å². The summed E-state index contributed by atoms with van der Waals surface area (Å²) in [6, 6.07) is 0. The molecule has 19 heavy (non-hydrogen) atoms. The Kier molecular flexibility index (Phi) is 4.18. The number of hydrogen-bond acceptors (Lipinski definition) is 3. The molecule has 2 aliphatic rings. The lowest BCUT2D eigenvalue weighted by atomic mass is 9.99. The van der Waals surface area contributed by atoms with Gasteiger partial charge in [0.05, 0.1) is 5.69 Å². The van der Waals surface area contributed by atoms with Crippen LogP contribution in [0.2, 0.25) is 0 Å². The van der Waals surface area contributed by atoms with Gasteiger partial charge >= 0.3 is 0 Å². The van der Waals surface area contributed by atoms with Crippen molar-refractivity contribution in [3.63, 3.8) is 0 Å². The first-order chi connectivity index (χ1) is 9.35. The van der Waals surface area contributed by atoms with E-state index in [1.54, 1.807) is 0 Å². The van der Waals surface area contributed by atoms with E-state index in [0.717, 1.165) is 32.4 Å². The zero-order chi connectivity index (χ0) is 13.1. The highest BCUT2D eigenvalue weighted by atomic mass is 16.3. The van der Waals surface area contributed by atoms with Gasteiger partial charge in [0.25, 0.3) is 0 Å². The lowest BCUT2D eigenvalue weighted by molar-refractivity contribution is 0.199. The SMILES string of the molecule is OCC1CCn2cc(CCN3CCCCC3)nc2C1. The maximum Gasteiger partial charge on any atom is 0.109 e. The van der Waals surface area contributed by atoms with Gasteiger partial charge in [-0.1, -0.05) is 6.42 Å². The summed E-state index contributed by atoms with van der Waals surface area (Å²) in [7, 11) is 0. The Hall–Kier alpha value is -0.870. The van der Waals surface area contributed by atoms with Crippen LogP contribution in [-0.4, -0.2) is 45.8 Å². The lowest BCUT2D eigenvalue weighted by Crippen LogP contribution is -2.31.